The molecule has 1 rings (SSSR count). The third kappa shape index (κ3) is 3.09. The van der Waals surface area contributed by atoms with E-state index in [0.29, 0.717) is 5.56 Å². The van der Waals surface area contributed by atoms with Crippen molar-refractivity contribution in [2.75, 3.05) is 0 Å². The average Bonchev–Trinajstić information content (AvgIpc) is 2.35. The molecule has 3 unspecified atom stereocenters. The van der Waals surface area contributed by atoms with Gasteiger partial charge in [-0.3, -0.25) is 0 Å². The first-order valence-corrected chi connectivity index (χ1v) is 6.04. The normalized spacial score (nSPS) is 16.3. The van der Waals surface area contributed by atoms with Crippen LogP contribution < -0.4 is 0 Å². The van der Waals surface area contributed by atoms with Crippen LogP contribution in [0.5, 0.6) is 0 Å². The first-order valence-electron chi connectivity index (χ1n) is 6.04. The van der Waals surface area contributed by atoms with Crippen molar-refractivity contribution < 1.29 is 20.1 Å². The Morgan fingerprint density at radius 3 is 2.17 bits per heavy atom. The summed E-state index contributed by atoms with van der Waals surface area (Å²) < 4.78 is 0. The fourth-order valence-corrected chi connectivity index (χ4v) is 2.03. The Morgan fingerprint density at radius 1 is 1.11 bits per heavy atom. The van der Waals surface area contributed by atoms with Crippen molar-refractivity contribution in [1.29, 1.82) is 0 Å². The first-order chi connectivity index (χ1) is 8.36. The summed E-state index contributed by atoms with van der Waals surface area (Å²) >= 11 is 0. The van der Waals surface area contributed by atoms with Crippen molar-refractivity contribution in [2.24, 2.45) is 11.8 Å². The van der Waals surface area contributed by atoms with Crippen molar-refractivity contribution in [1.82, 2.24) is 0 Å². The lowest BCUT2D eigenvalue weighted by Crippen LogP contribution is -2.29. The quantitative estimate of drug-likeness (QED) is 0.749. The van der Waals surface area contributed by atoms with Gasteiger partial charge in [0.1, 0.15) is 0 Å². The van der Waals surface area contributed by atoms with Gasteiger partial charge >= 0.3 is 5.97 Å². The fraction of sp³-hybridized carbons (Fsp3) is 0.500. The van der Waals surface area contributed by atoms with Crippen LogP contribution in [0.4, 0.5) is 0 Å². The van der Waals surface area contributed by atoms with Crippen LogP contribution in [0, 0.1) is 11.8 Å². The Morgan fingerprint density at radius 2 is 1.67 bits per heavy atom. The first kappa shape index (κ1) is 14.7. The van der Waals surface area contributed by atoms with E-state index in [-0.39, 0.29) is 11.5 Å². The number of benzene rings is 1. The highest BCUT2D eigenvalue weighted by Gasteiger charge is 2.28. The molecule has 0 radical (unpaired) electrons. The molecule has 4 heteroatoms. The molecular weight excluding hydrogens is 232 g/mol. The second-order valence-corrected chi connectivity index (χ2v) is 4.93. The van der Waals surface area contributed by atoms with Gasteiger partial charge in [-0.25, -0.2) is 4.79 Å². The van der Waals surface area contributed by atoms with Crippen LogP contribution in [-0.4, -0.2) is 27.4 Å². The molecule has 0 aliphatic rings. The molecular formula is C14H20O4. The van der Waals surface area contributed by atoms with Gasteiger partial charge in [0, 0.05) is 5.92 Å². The van der Waals surface area contributed by atoms with E-state index in [0.717, 1.165) is 0 Å². The van der Waals surface area contributed by atoms with Crippen molar-refractivity contribution in [3.8, 4) is 0 Å². The van der Waals surface area contributed by atoms with E-state index in [1.807, 2.05) is 13.8 Å². The lowest BCUT2D eigenvalue weighted by atomic mass is 9.85. The monoisotopic (exact) mass is 252 g/mol. The van der Waals surface area contributed by atoms with E-state index in [2.05, 4.69) is 0 Å². The Labute approximate surface area is 107 Å². The van der Waals surface area contributed by atoms with Crippen LogP contribution in [0.3, 0.4) is 0 Å². The molecule has 0 saturated carbocycles. The summed E-state index contributed by atoms with van der Waals surface area (Å²) in [5, 5.41) is 29.2. The van der Waals surface area contributed by atoms with Gasteiger partial charge in [0.25, 0.3) is 0 Å². The number of aromatic carboxylic acids is 1. The van der Waals surface area contributed by atoms with Gasteiger partial charge in [0.2, 0.25) is 0 Å². The molecule has 0 fully saturated rings. The molecule has 0 aromatic heterocycles. The number of aliphatic hydroxyl groups excluding tert-OH is 2. The van der Waals surface area contributed by atoms with E-state index in [1.54, 1.807) is 25.1 Å². The van der Waals surface area contributed by atoms with Gasteiger partial charge in [-0.05, 0) is 17.5 Å². The molecule has 0 aliphatic heterocycles. The standard InChI is InChI=1S/C14H20O4/c1-8(2)12(15)9(3)13(16)10-6-4-5-7-11(10)14(17)18/h4-9,12-13,15-16H,1-3H3,(H,17,18). The third-order valence-corrected chi connectivity index (χ3v) is 3.23. The van der Waals surface area contributed by atoms with Gasteiger partial charge in [0.05, 0.1) is 17.8 Å². The SMILES string of the molecule is CC(C)C(O)C(C)C(O)c1ccccc1C(=O)O. The molecule has 0 spiro atoms. The van der Waals surface area contributed by atoms with Crippen LogP contribution in [0.1, 0.15) is 42.8 Å². The zero-order valence-electron chi connectivity index (χ0n) is 10.9. The maximum atomic E-state index is 11.1. The number of hydrogen-bond donors (Lipinski definition) is 3. The maximum absolute atomic E-state index is 11.1. The molecule has 4 nitrogen and oxygen atoms in total. The van der Waals surface area contributed by atoms with Gasteiger partial charge in [-0.15, -0.1) is 0 Å². The Balaban J connectivity index is 3.03. The van der Waals surface area contributed by atoms with Crippen LogP contribution in [0.15, 0.2) is 24.3 Å². The predicted molar refractivity (Wildman–Crippen MR) is 68.4 cm³/mol. The fourth-order valence-electron chi connectivity index (χ4n) is 2.03. The van der Waals surface area contributed by atoms with Gasteiger partial charge in [0.15, 0.2) is 0 Å². The molecule has 0 amide bonds. The Hall–Kier alpha value is -1.39. The van der Waals surface area contributed by atoms with Crippen LogP contribution in [0.25, 0.3) is 0 Å². The molecule has 0 aliphatic carbocycles. The summed E-state index contributed by atoms with van der Waals surface area (Å²) in [6, 6.07) is 6.33. The minimum atomic E-state index is -1.07. The van der Waals surface area contributed by atoms with Crippen molar-refractivity contribution in [2.45, 2.75) is 33.0 Å². The topological polar surface area (TPSA) is 77.8 Å². The molecule has 100 valence electrons. The van der Waals surface area contributed by atoms with Gasteiger partial charge < -0.3 is 15.3 Å². The largest absolute Gasteiger partial charge is 0.478 e. The molecule has 0 saturated heterocycles. The van der Waals surface area contributed by atoms with E-state index >= 15 is 0 Å². The second-order valence-electron chi connectivity index (χ2n) is 4.93. The highest BCUT2D eigenvalue weighted by Crippen LogP contribution is 2.29. The Kier molecular flexibility index (Phi) is 4.87. The van der Waals surface area contributed by atoms with E-state index < -0.39 is 24.1 Å². The predicted octanol–water partition coefficient (Wildman–Crippen LogP) is 2.07. The summed E-state index contributed by atoms with van der Waals surface area (Å²) in [6.45, 7) is 5.43. The number of carbonyl (C=O) groups is 1. The van der Waals surface area contributed by atoms with E-state index in [1.165, 1.54) is 6.07 Å². The minimum Gasteiger partial charge on any atom is -0.478 e. The minimum absolute atomic E-state index is 0.00615. The van der Waals surface area contributed by atoms with Crippen LogP contribution in [-0.2, 0) is 0 Å². The molecule has 18 heavy (non-hydrogen) atoms. The lowest BCUT2D eigenvalue weighted by molar-refractivity contribution is -0.00369. The Bertz CT molecular complexity index is 414. The zero-order valence-corrected chi connectivity index (χ0v) is 10.9. The summed E-state index contributed by atoms with van der Waals surface area (Å²) in [7, 11) is 0. The van der Waals surface area contributed by atoms with E-state index in [9.17, 15) is 15.0 Å². The maximum Gasteiger partial charge on any atom is 0.336 e. The summed E-state index contributed by atoms with van der Waals surface area (Å²) in [5.74, 6) is -1.49. The molecule has 3 atom stereocenters. The smallest absolute Gasteiger partial charge is 0.336 e. The lowest BCUT2D eigenvalue weighted by Gasteiger charge is -2.27. The third-order valence-electron chi connectivity index (χ3n) is 3.23. The van der Waals surface area contributed by atoms with Crippen molar-refractivity contribution in [3.63, 3.8) is 0 Å². The highest BCUT2D eigenvalue weighted by molar-refractivity contribution is 5.89. The number of carboxylic acids is 1. The number of aliphatic hydroxyl groups is 2. The summed E-state index contributed by atoms with van der Waals surface area (Å²) in [6.07, 6.45) is -1.67. The van der Waals surface area contributed by atoms with Gasteiger partial charge in [-0.2, -0.15) is 0 Å². The molecule has 1 aromatic carbocycles. The summed E-state index contributed by atoms with van der Waals surface area (Å²) in [4.78, 5) is 11.1. The van der Waals surface area contributed by atoms with Crippen molar-refractivity contribution in [3.05, 3.63) is 35.4 Å². The number of carboxylic acid groups (broad SMARTS) is 1. The van der Waals surface area contributed by atoms with Crippen LogP contribution in [0.2, 0.25) is 0 Å². The molecule has 3 N–H and O–H groups in total. The van der Waals surface area contributed by atoms with Crippen LogP contribution >= 0.6 is 0 Å². The number of hydrogen-bond acceptors (Lipinski definition) is 3. The van der Waals surface area contributed by atoms with E-state index in [4.69, 9.17) is 5.11 Å². The summed E-state index contributed by atoms with van der Waals surface area (Å²) in [5.41, 5.74) is 0.421. The highest BCUT2D eigenvalue weighted by atomic mass is 16.4. The second kappa shape index (κ2) is 5.98. The zero-order chi connectivity index (χ0) is 13.9. The average molecular weight is 252 g/mol. The number of rotatable bonds is 5. The van der Waals surface area contributed by atoms with Crippen molar-refractivity contribution >= 4 is 5.97 Å². The molecule has 0 heterocycles. The molecule has 1 aromatic rings. The molecule has 0 bridgehead atoms. The van der Waals surface area contributed by atoms with Gasteiger partial charge in [-0.1, -0.05) is 39.0 Å².